The van der Waals surface area contributed by atoms with Crippen LogP contribution in [0.4, 0.5) is 0 Å². The summed E-state index contributed by atoms with van der Waals surface area (Å²) < 4.78 is 7.30. The molecule has 0 aliphatic carbocycles. The maximum Gasteiger partial charge on any atom is 0.419 e. The maximum atomic E-state index is 11.1. The molecule has 1 aromatic carbocycles. The smallest absolute Gasteiger partial charge is 0.408 e. The van der Waals surface area contributed by atoms with E-state index >= 15 is 0 Å². The van der Waals surface area contributed by atoms with Crippen molar-refractivity contribution in [2.24, 2.45) is 7.05 Å². The number of halogens is 1. The van der Waals surface area contributed by atoms with E-state index in [-0.39, 0.29) is 5.76 Å². The summed E-state index contributed by atoms with van der Waals surface area (Å²) in [6.07, 6.45) is 0. The zero-order valence-corrected chi connectivity index (χ0v) is 7.96. The molecule has 62 valence electrons. The van der Waals surface area contributed by atoms with Gasteiger partial charge in [0.25, 0.3) is 0 Å². The molecule has 0 aliphatic rings. The van der Waals surface area contributed by atoms with E-state index in [9.17, 15) is 4.79 Å². The molecule has 2 aromatic rings. The first-order valence-corrected chi connectivity index (χ1v) is 4.23. The molecular formula is C8H6BrNO2. The van der Waals surface area contributed by atoms with Crippen LogP contribution in [0.2, 0.25) is 0 Å². The van der Waals surface area contributed by atoms with Gasteiger partial charge in [0.05, 0.1) is 0 Å². The first-order chi connectivity index (χ1) is 5.70. The standard InChI is InChI=1S/C8H6BrNO2/c1-10-7-5(9)3-2-4-6(7)12-8(10)11/h2-4H,1H3. The Balaban J connectivity index is 3.07. The van der Waals surface area contributed by atoms with Crippen LogP contribution in [0.3, 0.4) is 0 Å². The number of aromatic nitrogens is 1. The van der Waals surface area contributed by atoms with E-state index in [4.69, 9.17) is 4.42 Å². The molecule has 0 atom stereocenters. The molecule has 0 spiro atoms. The van der Waals surface area contributed by atoms with E-state index in [0.717, 1.165) is 9.99 Å². The van der Waals surface area contributed by atoms with Gasteiger partial charge in [-0.1, -0.05) is 6.07 Å². The van der Waals surface area contributed by atoms with Gasteiger partial charge < -0.3 is 4.42 Å². The fourth-order valence-corrected chi connectivity index (χ4v) is 1.77. The van der Waals surface area contributed by atoms with Crippen LogP contribution >= 0.6 is 15.9 Å². The van der Waals surface area contributed by atoms with Crippen LogP contribution in [0.5, 0.6) is 0 Å². The average Bonchev–Trinajstić information content (AvgIpc) is 2.29. The van der Waals surface area contributed by atoms with Gasteiger partial charge in [0.2, 0.25) is 0 Å². The third kappa shape index (κ3) is 0.914. The molecule has 1 heterocycles. The van der Waals surface area contributed by atoms with Gasteiger partial charge >= 0.3 is 5.76 Å². The lowest BCUT2D eigenvalue weighted by Crippen LogP contribution is -2.08. The van der Waals surface area contributed by atoms with Gasteiger partial charge in [0.1, 0.15) is 5.52 Å². The van der Waals surface area contributed by atoms with Gasteiger partial charge in [-0.05, 0) is 28.1 Å². The molecule has 0 aliphatic heterocycles. The quantitative estimate of drug-likeness (QED) is 0.690. The topological polar surface area (TPSA) is 35.1 Å². The van der Waals surface area contributed by atoms with Crippen molar-refractivity contribution in [1.29, 1.82) is 0 Å². The minimum atomic E-state index is -0.336. The van der Waals surface area contributed by atoms with Crippen molar-refractivity contribution in [1.82, 2.24) is 4.57 Å². The van der Waals surface area contributed by atoms with E-state index < -0.39 is 0 Å². The molecule has 0 radical (unpaired) electrons. The first kappa shape index (κ1) is 7.61. The van der Waals surface area contributed by atoms with Crippen LogP contribution in [-0.2, 0) is 7.05 Å². The van der Waals surface area contributed by atoms with Crippen molar-refractivity contribution < 1.29 is 4.42 Å². The zero-order valence-electron chi connectivity index (χ0n) is 6.37. The molecule has 0 saturated heterocycles. The molecule has 1 aromatic heterocycles. The summed E-state index contributed by atoms with van der Waals surface area (Å²) in [7, 11) is 1.68. The third-order valence-corrected chi connectivity index (χ3v) is 2.40. The third-order valence-electron chi connectivity index (χ3n) is 1.76. The van der Waals surface area contributed by atoms with Gasteiger partial charge in [0, 0.05) is 11.5 Å². The lowest BCUT2D eigenvalue weighted by molar-refractivity contribution is 0.528. The number of hydrogen-bond donors (Lipinski definition) is 0. The number of para-hydroxylation sites is 1. The van der Waals surface area contributed by atoms with Crippen LogP contribution in [0, 0.1) is 0 Å². The Kier molecular flexibility index (Phi) is 1.58. The van der Waals surface area contributed by atoms with Gasteiger partial charge in [0.15, 0.2) is 5.58 Å². The molecule has 0 bridgehead atoms. The molecule has 0 fully saturated rings. The van der Waals surface area contributed by atoms with E-state index in [1.165, 1.54) is 4.57 Å². The average molecular weight is 228 g/mol. The van der Waals surface area contributed by atoms with E-state index in [2.05, 4.69) is 15.9 Å². The van der Waals surface area contributed by atoms with Gasteiger partial charge in [-0.2, -0.15) is 0 Å². The Labute approximate surface area is 76.7 Å². The predicted octanol–water partition coefficient (Wildman–Crippen LogP) is 1.89. The fraction of sp³-hybridized carbons (Fsp3) is 0.125. The SMILES string of the molecule is Cn1c(=O)oc2cccc(Br)c21. The summed E-state index contributed by atoms with van der Waals surface area (Å²) in [5, 5.41) is 0. The van der Waals surface area contributed by atoms with Crippen LogP contribution in [-0.4, -0.2) is 4.57 Å². The van der Waals surface area contributed by atoms with Gasteiger partial charge in [-0.25, -0.2) is 4.79 Å². The zero-order chi connectivity index (χ0) is 8.72. The number of rotatable bonds is 0. The highest BCUT2D eigenvalue weighted by atomic mass is 79.9. The lowest BCUT2D eigenvalue weighted by Gasteiger charge is -1.93. The molecule has 0 saturated carbocycles. The molecule has 0 amide bonds. The normalized spacial score (nSPS) is 10.8. The summed E-state index contributed by atoms with van der Waals surface area (Å²) >= 11 is 3.34. The second-order valence-corrected chi connectivity index (χ2v) is 3.37. The Morgan fingerprint density at radius 2 is 2.25 bits per heavy atom. The summed E-state index contributed by atoms with van der Waals surface area (Å²) in [6, 6.07) is 5.47. The number of hydrogen-bond acceptors (Lipinski definition) is 2. The van der Waals surface area contributed by atoms with Crippen molar-refractivity contribution in [2.45, 2.75) is 0 Å². The molecule has 0 N–H and O–H groups in total. The van der Waals surface area contributed by atoms with E-state index in [1.54, 1.807) is 13.1 Å². The Hall–Kier alpha value is -1.03. The van der Waals surface area contributed by atoms with E-state index in [1.807, 2.05) is 12.1 Å². The number of oxazole rings is 1. The maximum absolute atomic E-state index is 11.1. The molecule has 2 rings (SSSR count). The number of benzene rings is 1. The van der Waals surface area contributed by atoms with Crippen LogP contribution in [0.25, 0.3) is 11.1 Å². The molecule has 0 unspecified atom stereocenters. The molecule has 12 heavy (non-hydrogen) atoms. The molecule has 4 heteroatoms. The number of nitrogens with zero attached hydrogens (tertiary/aromatic N) is 1. The number of fused-ring (bicyclic) bond motifs is 1. The van der Waals surface area contributed by atoms with Crippen LogP contribution in [0.15, 0.2) is 31.9 Å². The van der Waals surface area contributed by atoms with Crippen molar-refractivity contribution in [3.63, 3.8) is 0 Å². The summed E-state index contributed by atoms with van der Waals surface area (Å²) in [4.78, 5) is 11.1. The van der Waals surface area contributed by atoms with Crippen molar-refractivity contribution in [2.75, 3.05) is 0 Å². The minimum absolute atomic E-state index is 0.336. The molecular weight excluding hydrogens is 222 g/mol. The largest absolute Gasteiger partial charge is 0.419 e. The Morgan fingerprint density at radius 1 is 1.50 bits per heavy atom. The summed E-state index contributed by atoms with van der Waals surface area (Å²) in [5.41, 5.74) is 1.40. The van der Waals surface area contributed by atoms with Crippen LogP contribution < -0.4 is 5.76 Å². The fourth-order valence-electron chi connectivity index (χ4n) is 1.16. The second kappa shape index (κ2) is 2.48. The highest BCUT2D eigenvalue weighted by Crippen LogP contribution is 2.21. The predicted molar refractivity (Wildman–Crippen MR) is 49.2 cm³/mol. The van der Waals surface area contributed by atoms with Crippen molar-refractivity contribution in [3.8, 4) is 0 Å². The monoisotopic (exact) mass is 227 g/mol. The van der Waals surface area contributed by atoms with E-state index in [0.29, 0.717) is 5.58 Å². The minimum Gasteiger partial charge on any atom is -0.408 e. The second-order valence-electron chi connectivity index (χ2n) is 2.51. The lowest BCUT2D eigenvalue weighted by atomic mass is 10.3. The summed E-state index contributed by atoms with van der Waals surface area (Å²) in [6.45, 7) is 0. The van der Waals surface area contributed by atoms with Crippen molar-refractivity contribution >= 4 is 27.0 Å². The highest BCUT2D eigenvalue weighted by Gasteiger charge is 2.07. The van der Waals surface area contributed by atoms with Gasteiger partial charge in [-0.15, -0.1) is 0 Å². The van der Waals surface area contributed by atoms with Crippen LogP contribution in [0.1, 0.15) is 0 Å². The summed E-state index contributed by atoms with van der Waals surface area (Å²) in [5.74, 6) is -0.336. The Bertz CT molecular complexity index is 483. The number of aryl methyl sites for hydroxylation is 1. The highest BCUT2D eigenvalue weighted by molar-refractivity contribution is 9.10. The van der Waals surface area contributed by atoms with Crippen molar-refractivity contribution in [3.05, 3.63) is 33.2 Å². The molecule has 3 nitrogen and oxygen atoms in total. The van der Waals surface area contributed by atoms with Gasteiger partial charge in [-0.3, -0.25) is 4.57 Å². The Morgan fingerprint density at radius 3 is 2.92 bits per heavy atom. The first-order valence-electron chi connectivity index (χ1n) is 3.44.